The van der Waals surface area contributed by atoms with Gasteiger partial charge >= 0.3 is 0 Å². The van der Waals surface area contributed by atoms with E-state index in [1.165, 1.54) is 51.7 Å². The number of aryl methyl sites for hydroxylation is 5. The molecule has 0 N–H and O–H groups in total. The second kappa shape index (κ2) is 51.4. The zero-order valence-electron chi connectivity index (χ0n) is 58.2. The quantitative estimate of drug-likeness (QED) is 0.0691. The Morgan fingerprint density at radius 1 is 0.407 bits per heavy atom. The van der Waals surface area contributed by atoms with Crippen molar-refractivity contribution >= 4 is 34.7 Å². The van der Waals surface area contributed by atoms with Gasteiger partial charge in [-0.2, -0.15) is 0 Å². The maximum atomic E-state index is 11.3. The summed E-state index contributed by atoms with van der Waals surface area (Å²) in [5, 5.41) is 23.4. The molecule has 0 aliphatic carbocycles. The fraction of sp³-hybridized carbons (Fsp3) is 0.815. The van der Waals surface area contributed by atoms with Gasteiger partial charge in [0.05, 0.1) is 63.2 Å². The van der Waals surface area contributed by atoms with Gasteiger partial charge in [0.2, 0.25) is 0 Å². The molecule has 0 radical (unpaired) electrons. The van der Waals surface area contributed by atoms with Crippen LogP contribution in [0.5, 0.6) is 0 Å². The third-order valence-corrected chi connectivity index (χ3v) is 15.1. The van der Waals surface area contributed by atoms with Crippen molar-refractivity contribution in [3.63, 3.8) is 0 Å². The Hall–Kier alpha value is -5.00. The summed E-state index contributed by atoms with van der Waals surface area (Å²) in [6.45, 7) is 40.7. The molecule has 520 valence electrons. The molecule has 2 unspecified atom stereocenters. The van der Waals surface area contributed by atoms with Gasteiger partial charge in [-0.25, -0.2) is 4.68 Å². The van der Waals surface area contributed by atoms with E-state index in [9.17, 15) is 28.8 Å². The minimum Gasteiger partial charge on any atom is -0.381 e. The van der Waals surface area contributed by atoms with Crippen molar-refractivity contribution in [2.24, 2.45) is 0 Å². The molecule has 91 heavy (non-hydrogen) atoms. The number of ketones is 6. The largest absolute Gasteiger partial charge is 0.381 e. The van der Waals surface area contributed by atoms with Crippen LogP contribution >= 0.6 is 0 Å². The minimum atomic E-state index is 0.100. The molecular formula is C65H119N15O11. The highest BCUT2D eigenvalue weighted by molar-refractivity contribution is 5.78. The summed E-state index contributed by atoms with van der Waals surface area (Å²) in [6, 6.07) is 1.30. The summed E-state index contributed by atoms with van der Waals surface area (Å²) in [7, 11) is 4.30. The van der Waals surface area contributed by atoms with Crippen molar-refractivity contribution in [2.75, 3.05) is 172 Å². The number of hydrogen-bond acceptors (Lipinski definition) is 23. The smallest absolute Gasteiger partial charge is 0.155 e. The summed E-state index contributed by atoms with van der Waals surface area (Å²) in [6.07, 6.45) is 17.7. The van der Waals surface area contributed by atoms with E-state index in [1.54, 1.807) is 50.9 Å². The normalized spacial score (nSPS) is 17.0. The molecule has 2 bridgehead atoms. The molecule has 4 aliphatic heterocycles. The first-order chi connectivity index (χ1) is 43.6. The summed E-state index contributed by atoms with van der Waals surface area (Å²) >= 11 is 0. The highest BCUT2D eigenvalue weighted by Crippen LogP contribution is 2.30. The first-order valence-corrected chi connectivity index (χ1v) is 33.4. The van der Waals surface area contributed by atoms with Crippen molar-refractivity contribution in [1.82, 2.24) is 74.4 Å². The van der Waals surface area contributed by atoms with Gasteiger partial charge in [0, 0.05) is 161 Å². The molecule has 3 aromatic rings. The monoisotopic (exact) mass is 1290 g/mol. The predicted molar refractivity (Wildman–Crippen MR) is 352 cm³/mol. The van der Waals surface area contributed by atoms with Gasteiger partial charge in [-0.15, -0.1) is 15.3 Å². The molecule has 4 saturated heterocycles. The van der Waals surface area contributed by atoms with E-state index in [2.05, 4.69) is 81.4 Å². The number of Topliss-reactive ketones (excluding diaryl/α,β-unsaturated/α-hetero) is 6. The van der Waals surface area contributed by atoms with E-state index < -0.39 is 0 Å². The van der Waals surface area contributed by atoms with E-state index >= 15 is 0 Å². The average Bonchev–Trinajstić information content (AvgIpc) is 1.83. The molecule has 0 saturated carbocycles. The van der Waals surface area contributed by atoms with Crippen LogP contribution < -0.4 is 0 Å². The zero-order valence-corrected chi connectivity index (χ0v) is 58.2. The number of carbonyl (C=O) groups excluding carboxylic acids is 6. The molecule has 7 rings (SSSR count). The number of piperazine rings is 3. The molecule has 26 heteroatoms. The highest BCUT2D eigenvalue weighted by atomic mass is 16.5. The summed E-state index contributed by atoms with van der Waals surface area (Å²) in [5.74, 6) is 1.03. The van der Waals surface area contributed by atoms with Crippen LogP contribution in [0.4, 0.5) is 0 Å². The number of hydrogen-bond donors (Lipinski definition) is 0. The predicted octanol–water partition coefficient (Wildman–Crippen LogP) is 4.90. The van der Waals surface area contributed by atoms with Gasteiger partial charge in [-0.05, 0) is 128 Å². The molecule has 3 aromatic heterocycles. The Kier molecular flexibility index (Phi) is 46.4. The van der Waals surface area contributed by atoms with Crippen LogP contribution in [-0.4, -0.2) is 293 Å². The molecule has 7 heterocycles. The lowest BCUT2D eigenvalue weighted by molar-refractivity contribution is -0.122. The molecule has 2 atom stereocenters. The Labute approximate surface area is 545 Å². The molecular weight excluding hydrogens is 1170 g/mol. The molecule has 0 aromatic carbocycles. The number of ether oxygens (including phenoxy) is 5. The molecule has 0 amide bonds. The van der Waals surface area contributed by atoms with Crippen molar-refractivity contribution in [3.8, 4) is 0 Å². The number of fused-ring (bicyclic) bond motifs is 2. The van der Waals surface area contributed by atoms with Crippen LogP contribution in [-0.2, 0) is 72.1 Å². The lowest BCUT2D eigenvalue weighted by Gasteiger charge is -2.40. The summed E-state index contributed by atoms with van der Waals surface area (Å²) in [4.78, 5) is 78.8. The van der Waals surface area contributed by atoms with Crippen molar-refractivity contribution < 1.29 is 52.5 Å². The second-order valence-corrected chi connectivity index (χ2v) is 24.5. The minimum absolute atomic E-state index is 0.100. The van der Waals surface area contributed by atoms with Crippen molar-refractivity contribution in [2.45, 2.75) is 178 Å². The fourth-order valence-corrected chi connectivity index (χ4v) is 9.95. The zero-order chi connectivity index (χ0) is 67.0. The lowest BCUT2D eigenvalue weighted by atomic mass is 10.1. The van der Waals surface area contributed by atoms with E-state index in [-0.39, 0.29) is 42.1 Å². The number of likely N-dealkylation sites (tertiary alicyclic amines) is 1. The fourth-order valence-electron chi connectivity index (χ4n) is 9.95. The maximum Gasteiger partial charge on any atom is 0.155 e. The van der Waals surface area contributed by atoms with Gasteiger partial charge in [0.15, 0.2) is 11.6 Å². The SMILES string of the molecule is CC(=O)CCOCCCCn1cc(C)nn1.CC(=O)CCOCCCn1cc(C)nn1.CC(=O)CCOCCn1cc(C)nn1.CC(=O)COCCCN1CCN(C)CC1.CC(=O)COCCN1CCN(C)CC1.CCCCCN1CC2CCC(C1)N2CC(C)=O. The first-order valence-electron chi connectivity index (χ1n) is 33.4. The summed E-state index contributed by atoms with van der Waals surface area (Å²) in [5.41, 5.74) is 2.76. The standard InChI is InChI=1S/C14H26N2O.C11H19N3O2.C11H22N2O2.C10H17N3O2.C10H20N2O2.C9H15N3O2/c1-3-4-5-8-15-10-13-6-7-14(11-15)16(13)9-12(2)17;1-10-9-14(13-12-10)6-3-4-7-16-8-5-11(2)15;1-11(14)10-15-9-3-4-13-7-5-12(2)6-8-13;1-9-8-13(12-11-9)5-3-6-15-7-4-10(2)14;1-10(13)9-14-8-7-12-5-3-11(2)4-6-12;1-8-7-12(11-10-8)4-6-14-5-3-9(2)13/h13-14H,3-11H2,1-2H3;9H,3-8H2,1-2H3;3-10H2,1-2H3;8H,3-7H2,1-2H3;3-9H2,1-2H3;7H,3-6H2,1-2H3. The number of aromatic nitrogens is 9. The lowest BCUT2D eigenvalue weighted by Crippen LogP contribution is -2.54. The van der Waals surface area contributed by atoms with Crippen LogP contribution in [0.25, 0.3) is 0 Å². The second-order valence-electron chi connectivity index (χ2n) is 24.5. The van der Waals surface area contributed by atoms with Crippen LogP contribution in [0.2, 0.25) is 0 Å². The maximum absolute atomic E-state index is 11.3. The van der Waals surface area contributed by atoms with Crippen LogP contribution in [0.15, 0.2) is 18.6 Å². The van der Waals surface area contributed by atoms with E-state index in [4.69, 9.17) is 23.7 Å². The summed E-state index contributed by atoms with van der Waals surface area (Å²) < 4.78 is 31.7. The number of unbranched alkanes of at least 4 members (excludes halogenated alkanes) is 3. The van der Waals surface area contributed by atoms with E-state index in [1.807, 2.05) is 44.0 Å². The number of rotatable bonds is 38. The van der Waals surface area contributed by atoms with Crippen LogP contribution in [0.3, 0.4) is 0 Å². The Morgan fingerprint density at radius 2 is 0.780 bits per heavy atom. The van der Waals surface area contributed by atoms with Gasteiger partial charge in [-0.3, -0.25) is 47.9 Å². The van der Waals surface area contributed by atoms with Crippen molar-refractivity contribution in [3.05, 3.63) is 35.7 Å². The molecule has 4 fully saturated rings. The van der Waals surface area contributed by atoms with E-state index in [0.717, 1.165) is 121 Å². The Bertz CT molecular complexity index is 2380. The molecule has 0 spiro atoms. The topological polar surface area (TPSA) is 260 Å². The molecule has 4 aliphatic rings. The van der Waals surface area contributed by atoms with Gasteiger partial charge in [0.25, 0.3) is 0 Å². The number of carbonyl (C=O) groups is 6. The van der Waals surface area contributed by atoms with Gasteiger partial charge in [0.1, 0.15) is 36.3 Å². The highest BCUT2D eigenvalue weighted by Gasteiger charge is 2.39. The number of likely N-dealkylation sites (N-methyl/N-ethyl adjacent to an activating group) is 2. The van der Waals surface area contributed by atoms with Crippen LogP contribution in [0.1, 0.15) is 143 Å². The van der Waals surface area contributed by atoms with Gasteiger partial charge < -0.3 is 43.3 Å². The third-order valence-electron chi connectivity index (χ3n) is 15.1. The molecule has 26 nitrogen and oxygen atoms in total. The van der Waals surface area contributed by atoms with Gasteiger partial charge in [-0.1, -0.05) is 35.4 Å². The number of nitrogens with zero attached hydrogens (tertiary/aromatic N) is 15. The van der Waals surface area contributed by atoms with E-state index in [0.29, 0.717) is 103 Å². The Balaban J connectivity index is 0.000000373. The van der Waals surface area contributed by atoms with Crippen LogP contribution in [0, 0.1) is 20.8 Å². The van der Waals surface area contributed by atoms with Crippen molar-refractivity contribution in [1.29, 1.82) is 0 Å². The first kappa shape index (κ1) is 82.1. The Morgan fingerprint density at radius 3 is 1.21 bits per heavy atom. The average molecular weight is 1290 g/mol. The third kappa shape index (κ3) is 45.1.